The van der Waals surface area contributed by atoms with Crippen molar-refractivity contribution in [2.24, 2.45) is 0 Å². The smallest absolute Gasteiger partial charge is 0.220 e. The average Bonchev–Trinajstić information content (AvgIpc) is 3.06. The molecule has 22 heavy (non-hydrogen) atoms. The highest BCUT2D eigenvalue weighted by molar-refractivity contribution is 7.09. The van der Waals surface area contributed by atoms with Gasteiger partial charge in [0.2, 0.25) is 5.91 Å². The number of rotatable bonds is 4. The fourth-order valence-corrected chi connectivity index (χ4v) is 3.44. The highest BCUT2D eigenvalue weighted by Crippen LogP contribution is 2.25. The molecule has 0 radical (unpaired) electrons. The summed E-state index contributed by atoms with van der Waals surface area (Å²) in [5.74, 6) is 1.03. The number of hydrogen-bond donors (Lipinski definition) is 0. The van der Waals surface area contributed by atoms with Gasteiger partial charge in [0, 0.05) is 25.4 Å². The van der Waals surface area contributed by atoms with E-state index in [2.05, 4.69) is 14.5 Å². The van der Waals surface area contributed by atoms with Crippen molar-refractivity contribution >= 4 is 17.2 Å². The Balaban J connectivity index is 1.65. The quantitative estimate of drug-likeness (QED) is 0.867. The van der Waals surface area contributed by atoms with Gasteiger partial charge in [0.05, 0.1) is 41.8 Å². The van der Waals surface area contributed by atoms with Gasteiger partial charge in [-0.25, -0.2) is 9.97 Å². The van der Waals surface area contributed by atoms with Crippen LogP contribution in [0, 0.1) is 6.92 Å². The molecule has 0 saturated carbocycles. The first kappa shape index (κ1) is 15.2. The van der Waals surface area contributed by atoms with Crippen LogP contribution in [-0.2, 0) is 29.3 Å². The molecule has 0 N–H and O–H groups in total. The lowest BCUT2D eigenvalue weighted by molar-refractivity contribution is -0.132. The number of carbonyl (C=O) groups is 1. The van der Waals surface area contributed by atoms with Crippen molar-refractivity contribution in [3.05, 3.63) is 33.8 Å². The SMILES string of the molecule is CC(=O)N1CCn2c(COCc3csc(C)n3)cnc2[C@H]1C. The van der Waals surface area contributed by atoms with E-state index in [0.717, 1.165) is 35.3 Å². The molecule has 1 aliphatic heterocycles. The van der Waals surface area contributed by atoms with E-state index in [1.165, 1.54) is 0 Å². The van der Waals surface area contributed by atoms with Gasteiger partial charge in [-0.3, -0.25) is 4.79 Å². The Bertz CT molecular complexity index is 679. The van der Waals surface area contributed by atoms with E-state index in [4.69, 9.17) is 4.74 Å². The molecule has 0 bridgehead atoms. The summed E-state index contributed by atoms with van der Waals surface area (Å²) in [6.45, 7) is 8.13. The standard InChI is InChI=1S/C15H20N4O2S/c1-10-15-16-6-14(19(15)5-4-18(10)12(3)20)8-21-7-13-9-22-11(2)17-13/h6,9-10H,4-5,7-8H2,1-3H3/t10-/m1/s1. The molecule has 1 atom stereocenters. The van der Waals surface area contributed by atoms with Crippen LogP contribution in [0.2, 0.25) is 0 Å². The number of thiazole rings is 1. The van der Waals surface area contributed by atoms with Crippen molar-refractivity contribution in [1.82, 2.24) is 19.4 Å². The minimum Gasteiger partial charge on any atom is -0.369 e. The first-order valence-electron chi connectivity index (χ1n) is 7.36. The molecule has 0 spiro atoms. The summed E-state index contributed by atoms with van der Waals surface area (Å²) in [5, 5.41) is 3.08. The van der Waals surface area contributed by atoms with Crippen molar-refractivity contribution in [2.75, 3.05) is 6.54 Å². The van der Waals surface area contributed by atoms with Crippen LogP contribution in [0.5, 0.6) is 0 Å². The van der Waals surface area contributed by atoms with Gasteiger partial charge in [-0.2, -0.15) is 0 Å². The second-order valence-electron chi connectivity index (χ2n) is 5.50. The largest absolute Gasteiger partial charge is 0.369 e. The summed E-state index contributed by atoms with van der Waals surface area (Å²) in [7, 11) is 0. The van der Waals surface area contributed by atoms with Crippen LogP contribution < -0.4 is 0 Å². The highest BCUT2D eigenvalue weighted by atomic mass is 32.1. The van der Waals surface area contributed by atoms with Crippen LogP contribution in [0.15, 0.2) is 11.6 Å². The van der Waals surface area contributed by atoms with Crippen LogP contribution in [0.3, 0.4) is 0 Å². The summed E-state index contributed by atoms with van der Waals surface area (Å²) in [6.07, 6.45) is 1.85. The van der Waals surface area contributed by atoms with Gasteiger partial charge in [-0.15, -0.1) is 11.3 Å². The van der Waals surface area contributed by atoms with Gasteiger partial charge in [0.15, 0.2) is 0 Å². The minimum atomic E-state index is 0.0150. The van der Waals surface area contributed by atoms with E-state index in [0.29, 0.717) is 13.2 Å². The van der Waals surface area contributed by atoms with Gasteiger partial charge < -0.3 is 14.2 Å². The number of carbonyl (C=O) groups excluding carboxylic acids is 1. The third kappa shape index (κ3) is 2.91. The Hall–Kier alpha value is -1.73. The molecule has 6 nitrogen and oxygen atoms in total. The molecule has 118 valence electrons. The van der Waals surface area contributed by atoms with E-state index in [1.807, 2.05) is 30.3 Å². The van der Waals surface area contributed by atoms with Crippen molar-refractivity contribution in [1.29, 1.82) is 0 Å². The second kappa shape index (κ2) is 6.18. The molecule has 1 aliphatic rings. The second-order valence-corrected chi connectivity index (χ2v) is 6.56. The molecule has 0 fully saturated rings. The normalized spacial score (nSPS) is 17.6. The van der Waals surface area contributed by atoms with Crippen LogP contribution in [0.4, 0.5) is 0 Å². The predicted octanol–water partition coefficient (Wildman–Crippen LogP) is 2.29. The molecule has 2 aromatic heterocycles. The summed E-state index contributed by atoms with van der Waals surface area (Å²) >= 11 is 1.63. The molecule has 1 amide bonds. The van der Waals surface area contributed by atoms with Crippen LogP contribution in [-0.4, -0.2) is 31.9 Å². The maximum atomic E-state index is 11.6. The molecular weight excluding hydrogens is 300 g/mol. The highest BCUT2D eigenvalue weighted by Gasteiger charge is 2.28. The lowest BCUT2D eigenvalue weighted by Gasteiger charge is -2.33. The summed E-state index contributed by atoms with van der Waals surface area (Å²) in [4.78, 5) is 22.3. The van der Waals surface area contributed by atoms with Gasteiger partial charge >= 0.3 is 0 Å². The zero-order valence-corrected chi connectivity index (χ0v) is 13.9. The molecule has 0 aliphatic carbocycles. The first-order chi connectivity index (χ1) is 10.6. The zero-order chi connectivity index (χ0) is 15.7. The van der Waals surface area contributed by atoms with E-state index < -0.39 is 0 Å². The molecule has 0 saturated heterocycles. The van der Waals surface area contributed by atoms with Gasteiger partial charge in [0.25, 0.3) is 0 Å². The van der Waals surface area contributed by atoms with E-state index >= 15 is 0 Å². The van der Waals surface area contributed by atoms with Crippen LogP contribution >= 0.6 is 11.3 Å². The number of aryl methyl sites for hydroxylation is 1. The van der Waals surface area contributed by atoms with Crippen molar-refractivity contribution < 1.29 is 9.53 Å². The zero-order valence-electron chi connectivity index (χ0n) is 13.1. The Morgan fingerprint density at radius 2 is 2.27 bits per heavy atom. The number of imidazole rings is 1. The monoisotopic (exact) mass is 320 g/mol. The Morgan fingerprint density at radius 1 is 1.45 bits per heavy atom. The van der Waals surface area contributed by atoms with Gasteiger partial charge in [-0.1, -0.05) is 0 Å². The number of amides is 1. The summed E-state index contributed by atoms with van der Waals surface area (Å²) < 4.78 is 7.92. The lowest BCUT2D eigenvalue weighted by Crippen LogP contribution is -2.40. The molecule has 0 aromatic carbocycles. The molecule has 7 heteroatoms. The summed E-state index contributed by atoms with van der Waals surface area (Å²) in [5.41, 5.74) is 2.02. The molecular formula is C15H20N4O2S. The predicted molar refractivity (Wildman–Crippen MR) is 83.4 cm³/mol. The number of hydrogen-bond acceptors (Lipinski definition) is 5. The van der Waals surface area contributed by atoms with Crippen molar-refractivity contribution in [2.45, 2.75) is 46.6 Å². The Kier molecular flexibility index (Phi) is 4.26. The first-order valence-corrected chi connectivity index (χ1v) is 8.24. The molecule has 2 aromatic rings. The van der Waals surface area contributed by atoms with E-state index in [-0.39, 0.29) is 11.9 Å². The number of nitrogens with zero attached hydrogens (tertiary/aromatic N) is 4. The lowest BCUT2D eigenvalue weighted by atomic mass is 10.2. The van der Waals surface area contributed by atoms with E-state index in [1.54, 1.807) is 18.3 Å². The average molecular weight is 320 g/mol. The minimum absolute atomic E-state index is 0.0150. The van der Waals surface area contributed by atoms with Gasteiger partial charge in [-0.05, 0) is 13.8 Å². The Morgan fingerprint density at radius 3 is 2.95 bits per heavy atom. The van der Waals surface area contributed by atoms with E-state index in [9.17, 15) is 4.79 Å². The molecule has 0 unspecified atom stereocenters. The van der Waals surface area contributed by atoms with Crippen molar-refractivity contribution in [3.8, 4) is 0 Å². The number of aromatic nitrogens is 3. The third-order valence-corrected chi connectivity index (χ3v) is 4.77. The van der Waals surface area contributed by atoms with Crippen molar-refractivity contribution in [3.63, 3.8) is 0 Å². The number of ether oxygens (including phenoxy) is 1. The fraction of sp³-hybridized carbons (Fsp3) is 0.533. The number of fused-ring (bicyclic) bond motifs is 1. The third-order valence-electron chi connectivity index (χ3n) is 3.95. The molecule has 3 rings (SSSR count). The van der Waals surface area contributed by atoms with Gasteiger partial charge in [0.1, 0.15) is 5.82 Å². The Labute approximate surface area is 133 Å². The van der Waals surface area contributed by atoms with Crippen LogP contribution in [0.1, 0.15) is 42.1 Å². The van der Waals surface area contributed by atoms with Crippen LogP contribution in [0.25, 0.3) is 0 Å². The molecule has 3 heterocycles. The summed E-state index contributed by atoms with van der Waals surface area (Å²) in [6, 6.07) is 0.0150. The maximum Gasteiger partial charge on any atom is 0.220 e. The topological polar surface area (TPSA) is 60.2 Å². The maximum absolute atomic E-state index is 11.6. The fourth-order valence-electron chi connectivity index (χ4n) is 2.84.